The summed E-state index contributed by atoms with van der Waals surface area (Å²) < 4.78 is 18.4. The number of likely N-dealkylation sites (tertiary alicyclic amines) is 1. The summed E-state index contributed by atoms with van der Waals surface area (Å²) in [6.07, 6.45) is 4.80. The van der Waals surface area contributed by atoms with Gasteiger partial charge in [0.1, 0.15) is 29.3 Å². The van der Waals surface area contributed by atoms with Crippen LogP contribution in [0.4, 0.5) is 4.79 Å². The van der Waals surface area contributed by atoms with Gasteiger partial charge in [0.25, 0.3) is 0 Å². The van der Waals surface area contributed by atoms with Crippen LogP contribution in [0.2, 0.25) is 0 Å². The van der Waals surface area contributed by atoms with E-state index in [0.29, 0.717) is 37.8 Å². The van der Waals surface area contributed by atoms with Crippen molar-refractivity contribution in [3.05, 3.63) is 18.2 Å². The Labute approximate surface area is 284 Å². The van der Waals surface area contributed by atoms with E-state index in [1.807, 2.05) is 34.6 Å². The smallest absolute Gasteiger partial charge is 0.408 e. The predicted molar refractivity (Wildman–Crippen MR) is 178 cm³/mol. The van der Waals surface area contributed by atoms with Gasteiger partial charge in [-0.25, -0.2) is 14.6 Å². The lowest BCUT2D eigenvalue weighted by atomic mass is 9.93. The molecule has 3 N–H and O–H groups in total. The molecule has 1 aliphatic carbocycles. The summed E-state index contributed by atoms with van der Waals surface area (Å²) in [7, 11) is 3.06. The van der Waals surface area contributed by atoms with Gasteiger partial charge in [0.05, 0.1) is 25.1 Å². The minimum Gasteiger partial charge on any atom is -0.467 e. The third-order valence-electron chi connectivity index (χ3n) is 8.44. The fraction of sp³-hybridized carbons (Fsp3) is 0.765. The molecule has 0 spiro atoms. The zero-order valence-electron chi connectivity index (χ0n) is 30.3. The molecule has 2 heterocycles. The van der Waals surface area contributed by atoms with Crippen molar-refractivity contribution < 1.29 is 38.2 Å². The molecule has 1 aromatic heterocycles. The number of alkyl carbamates (subject to hydrolysis) is 1. The van der Waals surface area contributed by atoms with E-state index in [1.165, 1.54) is 12.0 Å². The van der Waals surface area contributed by atoms with Crippen LogP contribution in [0.25, 0.3) is 0 Å². The number of rotatable bonds is 12. The van der Waals surface area contributed by atoms with E-state index in [2.05, 4.69) is 20.9 Å². The first-order chi connectivity index (χ1) is 22.2. The minimum absolute atomic E-state index is 0.0985. The molecule has 0 radical (unpaired) electrons. The first-order valence-corrected chi connectivity index (χ1v) is 16.9. The lowest BCUT2D eigenvalue weighted by molar-refractivity contribution is -0.147. The second-order valence-electron chi connectivity index (χ2n) is 15.5. The summed E-state index contributed by atoms with van der Waals surface area (Å²) in [6.45, 7) is 14.9. The van der Waals surface area contributed by atoms with Gasteiger partial charge in [-0.15, -0.1) is 0 Å². The summed E-state index contributed by atoms with van der Waals surface area (Å²) in [5, 5.41) is 8.56. The van der Waals surface area contributed by atoms with Gasteiger partial charge in [-0.1, -0.05) is 26.7 Å². The number of aromatic nitrogens is 2. The molecule has 4 atom stereocenters. The normalized spacial score (nSPS) is 20.6. The highest BCUT2D eigenvalue weighted by atomic mass is 16.6. The van der Waals surface area contributed by atoms with E-state index in [9.17, 15) is 24.0 Å². The van der Waals surface area contributed by atoms with Gasteiger partial charge in [-0.3, -0.25) is 14.4 Å². The topological polar surface area (TPSA) is 170 Å². The highest BCUT2D eigenvalue weighted by Gasteiger charge is 2.49. The van der Waals surface area contributed by atoms with Crippen LogP contribution in [0.15, 0.2) is 12.5 Å². The number of nitrogens with zero attached hydrogens (tertiary/aromatic N) is 3. The lowest BCUT2D eigenvalue weighted by Gasteiger charge is -2.34. The van der Waals surface area contributed by atoms with Crippen LogP contribution in [0.5, 0.6) is 0 Å². The SMILES string of the molecule is COC(=O)[C@H](CC(C)C)NC(=O)C1(NC(=O)[C@@H]2C[C@@H](OC(C)(C)C)CN2C(=O)[C@H](Cc2cncn2C)NC(=O)OC(C)(C)C)CCCC1. The van der Waals surface area contributed by atoms with Crippen molar-refractivity contribution in [2.24, 2.45) is 13.0 Å². The molecule has 14 heteroatoms. The molecule has 1 saturated carbocycles. The van der Waals surface area contributed by atoms with Gasteiger partial charge >= 0.3 is 12.1 Å². The van der Waals surface area contributed by atoms with E-state index in [1.54, 1.807) is 44.9 Å². The zero-order chi connectivity index (χ0) is 36.0. The molecule has 14 nitrogen and oxygen atoms in total. The maximum atomic E-state index is 14.4. The van der Waals surface area contributed by atoms with E-state index in [-0.39, 0.29) is 25.3 Å². The largest absolute Gasteiger partial charge is 0.467 e. The molecule has 270 valence electrons. The molecule has 3 rings (SSSR count). The number of carbonyl (C=O) groups excluding carboxylic acids is 5. The van der Waals surface area contributed by atoms with Crippen molar-refractivity contribution in [3.63, 3.8) is 0 Å². The number of imidazole rings is 1. The van der Waals surface area contributed by atoms with E-state index in [4.69, 9.17) is 14.2 Å². The second kappa shape index (κ2) is 15.7. The minimum atomic E-state index is -1.26. The lowest BCUT2D eigenvalue weighted by Crippen LogP contribution is -2.63. The third kappa shape index (κ3) is 10.7. The Bertz CT molecular complexity index is 1310. The van der Waals surface area contributed by atoms with Crippen molar-refractivity contribution in [1.29, 1.82) is 0 Å². The van der Waals surface area contributed by atoms with Crippen molar-refractivity contribution in [3.8, 4) is 0 Å². The second-order valence-corrected chi connectivity index (χ2v) is 15.5. The monoisotopic (exact) mass is 676 g/mol. The molecule has 48 heavy (non-hydrogen) atoms. The summed E-state index contributed by atoms with van der Waals surface area (Å²) in [5.41, 5.74) is -1.93. The summed E-state index contributed by atoms with van der Waals surface area (Å²) in [5.74, 6) is -1.90. The fourth-order valence-corrected chi connectivity index (χ4v) is 6.35. The van der Waals surface area contributed by atoms with Crippen LogP contribution < -0.4 is 16.0 Å². The molecule has 4 amide bonds. The number of hydrogen-bond donors (Lipinski definition) is 3. The Morgan fingerprint density at radius 1 is 1.00 bits per heavy atom. The molecular weight excluding hydrogens is 620 g/mol. The predicted octanol–water partition coefficient (Wildman–Crippen LogP) is 2.77. The molecule has 0 aromatic carbocycles. The van der Waals surface area contributed by atoms with Crippen LogP contribution in [0, 0.1) is 5.92 Å². The molecular formula is C34H56N6O8. The van der Waals surface area contributed by atoms with Gasteiger partial charge < -0.3 is 39.6 Å². The highest BCUT2D eigenvalue weighted by Crippen LogP contribution is 2.32. The Morgan fingerprint density at radius 3 is 2.17 bits per heavy atom. The number of ether oxygens (including phenoxy) is 3. The van der Waals surface area contributed by atoms with Gasteiger partial charge in [-0.05, 0) is 66.7 Å². The number of esters is 1. The standard InChI is InChI=1S/C34H56N6O8/c1-21(2)15-25(29(43)46-10)36-30(44)34(13-11-12-14-34)38-27(41)26-17-23(47-32(3,4)5)19-40(26)28(42)24(16-22-18-35-20-39(22)9)37-31(45)48-33(6,7)8/h18,20-21,23-26H,11-17,19H2,1-10H3,(H,36,44)(H,37,45)(H,38,41)/t23-,24+,25+,26+/m1/s1. The number of carbonyl (C=O) groups is 5. The molecule has 0 unspecified atom stereocenters. The maximum Gasteiger partial charge on any atom is 0.408 e. The van der Waals surface area contributed by atoms with Crippen molar-refractivity contribution in [2.45, 2.75) is 141 Å². The number of hydrogen-bond acceptors (Lipinski definition) is 9. The Morgan fingerprint density at radius 2 is 1.65 bits per heavy atom. The van der Waals surface area contributed by atoms with Crippen LogP contribution in [-0.2, 0) is 46.9 Å². The zero-order valence-corrected chi connectivity index (χ0v) is 30.3. The highest BCUT2D eigenvalue weighted by molar-refractivity contribution is 5.97. The van der Waals surface area contributed by atoms with Crippen molar-refractivity contribution in [1.82, 2.24) is 30.4 Å². The first kappa shape index (κ1) is 38.8. The third-order valence-corrected chi connectivity index (χ3v) is 8.44. The Kier molecular flexibility index (Phi) is 12.7. The van der Waals surface area contributed by atoms with Gasteiger partial charge in [0, 0.05) is 38.3 Å². The fourth-order valence-electron chi connectivity index (χ4n) is 6.35. The molecule has 2 fully saturated rings. The van der Waals surface area contributed by atoms with E-state index in [0.717, 1.165) is 0 Å². The number of amides is 4. The van der Waals surface area contributed by atoms with Crippen molar-refractivity contribution >= 4 is 29.8 Å². The summed E-state index contributed by atoms with van der Waals surface area (Å²) in [6, 6.07) is -2.94. The van der Waals surface area contributed by atoms with Gasteiger partial charge in [0.15, 0.2) is 0 Å². The first-order valence-electron chi connectivity index (χ1n) is 16.9. The molecule has 1 saturated heterocycles. The van der Waals surface area contributed by atoms with Gasteiger partial charge in [0.2, 0.25) is 17.7 Å². The van der Waals surface area contributed by atoms with Crippen LogP contribution in [-0.4, -0.2) is 98.9 Å². The summed E-state index contributed by atoms with van der Waals surface area (Å²) >= 11 is 0. The quantitative estimate of drug-likeness (QED) is 0.282. The van der Waals surface area contributed by atoms with Crippen molar-refractivity contribution in [2.75, 3.05) is 13.7 Å². The number of methoxy groups -OCH3 is 1. The molecule has 2 aliphatic rings. The van der Waals surface area contributed by atoms with E-state index < -0.39 is 70.8 Å². The van der Waals surface area contributed by atoms with Crippen LogP contribution >= 0.6 is 0 Å². The molecule has 1 aliphatic heterocycles. The van der Waals surface area contributed by atoms with Gasteiger partial charge in [-0.2, -0.15) is 0 Å². The Hall–Kier alpha value is -3.68. The summed E-state index contributed by atoms with van der Waals surface area (Å²) in [4.78, 5) is 73.5. The van der Waals surface area contributed by atoms with Crippen LogP contribution in [0.1, 0.15) is 99.6 Å². The average Bonchev–Trinajstić information content (AvgIpc) is 3.70. The van der Waals surface area contributed by atoms with E-state index >= 15 is 0 Å². The molecule has 1 aromatic rings. The van der Waals surface area contributed by atoms with Crippen LogP contribution in [0.3, 0.4) is 0 Å². The maximum absolute atomic E-state index is 14.4. The number of aryl methyl sites for hydroxylation is 1. The average molecular weight is 677 g/mol. The Balaban J connectivity index is 1.92. The number of nitrogens with one attached hydrogen (secondary N) is 3. The molecule has 0 bridgehead atoms.